The summed E-state index contributed by atoms with van der Waals surface area (Å²) < 4.78 is 5.06. The summed E-state index contributed by atoms with van der Waals surface area (Å²) in [5.74, 6) is 2.35. The molecule has 0 unspecified atom stereocenters. The molecule has 1 heterocycles. The molecule has 0 radical (unpaired) electrons. The number of hydrogen-bond donors (Lipinski definition) is 0. The van der Waals surface area contributed by atoms with Crippen molar-refractivity contribution in [1.29, 1.82) is 0 Å². The first-order chi connectivity index (χ1) is 7.31. The highest BCUT2D eigenvalue weighted by atomic mass is 35.5. The highest BCUT2D eigenvalue weighted by Gasteiger charge is 2.05. The van der Waals surface area contributed by atoms with Crippen molar-refractivity contribution < 1.29 is 4.74 Å². The standard InChI is InChI=1S/C11H17ClN2O/c1-3-7-14(8-6-12)11-5-4-10(15-2)9-13-11/h4-5,9H,3,6-8H2,1-2H3. The Morgan fingerprint density at radius 2 is 2.20 bits per heavy atom. The van der Waals surface area contributed by atoms with Gasteiger partial charge in [0.15, 0.2) is 0 Å². The van der Waals surface area contributed by atoms with Crippen molar-refractivity contribution in [3.8, 4) is 5.75 Å². The summed E-state index contributed by atoms with van der Waals surface area (Å²) in [5, 5.41) is 0. The molecule has 84 valence electrons. The van der Waals surface area contributed by atoms with E-state index in [1.165, 1.54) is 0 Å². The molecule has 0 atom stereocenters. The molecule has 0 saturated carbocycles. The Kier molecular flexibility index (Phi) is 5.26. The molecule has 1 aromatic rings. The Morgan fingerprint density at radius 3 is 2.67 bits per heavy atom. The van der Waals surface area contributed by atoms with Gasteiger partial charge in [-0.2, -0.15) is 0 Å². The van der Waals surface area contributed by atoms with Gasteiger partial charge in [-0.05, 0) is 18.6 Å². The van der Waals surface area contributed by atoms with Gasteiger partial charge in [-0.15, -0.1) is 11.6 Å². The predicted molar refractivity (Wildman–Crippen MR) is 64.0 cm³/mol. The normalized spacial score (nSPS) is 10.1. The number of nitrogens with zero attached hydrogens (tertiary/aromatic N) is 2. The smallest absolute Gasteiger partial charge is 0.137 e. The number of halogens is 1. The molecule has 0 amide bonds. The van der Waals surface area contributed by atoms with E-state index in [0.29, 0.717) is 5.88 Å². The second-order valence-electron chi connectivity index (χ2n) is 3.23. The Hall–Kier alpha value is -0.960. The van der Waals surface area contributed by atoms with Gasteiger partial charge in [-0.25, -0.2) is 4.98 Å². The average molecular weight is 229 g/mol. The van der Waals surface area contributed by atoms with Gasteiger partial charge in [0.25, 0.3) is 0 Å². The van der Waals surface area contributed by atoms with Crippen LogP contribution in [0.15, 0.2) is 18.3 Å². The third-order valence-electron chi connectivity index (χ3n) is 2.13. The van der Waals surface area contributed by atoms with Gasteiger partial charge in [0.2, 0.25) is 0 Å². The van der Waals surface area contributed by atoms with Crippen molar-refractivity contribution >= 4 is 17.4 Å². The number of hydrogen-bond acceptors (Lipinski definition) is 3. The quantitative estimate of drug-likeness (QED) is 0.700. The number of pyridine rings is 1. The fraction of sp³-hybridized carbons (Fsp3) is 0.545. The zero-order valence-corrected chi connectivity index (χ0v) is 10.00. The van der Waals surface area contributed by atoms with Gasteiger partial charge in [0, 0.05) is 19.0 Å². The van der Waals surface area contributed by atoms with E-state index in [0.717, 1.165) is 31.1 Å². The van der Waals surface area contributed by atoms with Crippen LogP contribution in [0.3, 0.4) is 0 Å². The lowest BCUT2D eigenvalue weighted by Gasteiger charge is -2.21. The van der Waals surface area contributed by atoms with E-state index < -0.39 is 0 Å². The van der Waals surface area contributed by atoms with Gasteiger partial charge in [0.05, 0.1) is 13.3 Å². The lowest BCUT2D eigenvalue weighted by atomic mass is 10.3. The Bertz CT molecular complexity index is 270. The fourth-order valence-electron chi connectivity index (χ4n) is 1.39. The first-order valence-electron chi connectivity index (χ1n) is 5.12. The Balaban J connectivity index is 2.72. The summed E-state index contributed by atoms with van der Waals surface area (Å²) in [4.78, 5) is 6.50. The van der Waals surface area contributed by atoms with E-state index in [-0.39, 0.29) is 0 Å². The minimum atomic E-state index is 0.619. The minimum Gasteiger partial charge on any atom is -0.495 e. The molecule has 1 aromatic heterocycles. The third-order valence-corrected chi connectivity index (χ3v) is 2.30. The van der Waals surface area contributed by atoms with Gasteiger partial charge < -0.3 is 9.64 Å². The van der Waals surface area contributed by atoms with Gasteiger partial charge in [-0.3, -0.25) is 0 Å². The number of anilines is 1. The molecule has 4 heteroatoms. The van der Waals surface area contributed by atoms with Crippen LogP contribution in [0.1, 0.15) is 13.3 Å². The minimum absolute atomic E-state index is 0.619. The van der Waals surface area contributed by atoms with E-state index >= 15 is 0 Å². The maximum Gasteiger partial charge on any atom is 0.137 e. The summed E-state index contributed by atoms with van der Waals surface area (Å²) in [6.45, 7) is 3.95. The maximum absolute atomic E-state index is 5.75. The second kappa shape index (κ2) is 6.51. The van der Waals surface area contributed by atoms with E-state index in [2.05, 4.69) is 16.8 Å². The number of rotatable bonds is 6. The molecular formula is C11H17ClN2O. The van der Waals surface area contributed by atoms with E-state index in [1.54, 1.807) is 13.3 Å². The molecule has 0 aliphatic rings. The summed E-state index contributed by atoms with van der Waals surface area (Å²) in [5.41, 5.74) is 0. The molecule has 1 rings (SSSR count). The second-order valence-corrected chi connectivity index (χ2v) is 3.61. The van der Waals surface area contributed by atoms with Crippen LogP contribution < -0.4 is 9.64 Å². The van der Waals surface area contributed by atoms with E-state index in [4.69, 9.17) is 16.3 Å². The number of methoxy groups -OCH3 is 1. The van der Waals surface area contributed by atoms with Crippen LogP contribution in [0.4, 0.5) is 5.82 Å². The van der Waals surface area contributed by atoms with Crippen LogP contribution in [0.5, 0.6) is 5.75 Å². The van der Waals surface area contributed by atoms with Crippen molar-refractivity contribution in [2.75, 3.05) is 31.0 Å². The predicted octanol–water partition coefficient (Wildman–Crippen LogP) is 2.55. The SMILES string of the molecule is CCCN(CCCl)c1ccc(OC)cn1. The Labute approximate surface area is 96.0 Å². The summed E-state index contributed by atoms with van der Waals surface area (Å²) in [6.07, 6.45) is 2.82. The van der Waals surface area contributed by atoms with Crippen molar-refractivity contribution in [3.63, 3.8) is 0 Å². The summed E-state index contributed by atoms with van der Waals surface area (Å²) in [7, 11) is 1.64. The molecule has 3 nitrogen and oxygen atoms in total. The number of aromatic nitrogens is 1. The van der Waals surface area contributed by atoms with Gasteiger partial charge >= 0.3 is 0 Å². The van der Waals surface area contributed by atoms with Crippen LogP contribution in [-0.2, 0) is 0 Å². The largest absolute Gasteiger partial charge is 0.495 e. The van der Waals surface area contributed by atoms with Crippen molar-refractivity contribution in [2.45, 2.75) is 13.3 Å². The summed E-state index contributed by atoms with van der Waals surface area (Å²) in [6, 6.07) is 3.88. The number of alkyl halides is 1. The molecule has 15 heavy (non-hydrogen) atoms. The van der Waals surface area contributed by atoms with Crippen molar-refractivity contribution in [2.24, 2.45) is 0 Å². The molecule has 0 spiro atoms. The van der Waals surface area contributed by atoms with Gasteiger partial charge in [-0.1, -0.05) is 6.92 Å². The molecule has 0 aliphatic carbocycles. The molecule has 0 aromatic carbocycles. The van der Waals surface area contributed by atoms with Crippen LogP contribution >= 0.6 is 11.6 Å². The zero-order chi connectivity index (χ0) is 11.1. The van der Waals surface area contributed by atoms with Crippen LogP contribution in [0.2, 0.25) is 0 Å². The average Bonchev–Trinajstić information content (AvgIpc) is 2.29. The van der Waals surface area contributed by atoms with Gasteiger partial charge in [0.1, 0.15) is 11.6 Å². The van der Waals surface area contributed by atoms with Crippen molar-refractivity contribution in [3.05, 3.63) is 18.3 Å². The molecule has 0 saturated heterocycles. The molecular weight excluding hydrogens is 212 g/mol. The fourth-order valence-corrected chi connectivity index (χ4v) is 1.60. The highest BCUT2D eigenvalue weighted by molar-refractivity contribution is 6.18. The first kappa shape index (κ1) is 12.1. The zero-order valence-electron chi connectivity index (χ0n) is 9.24. The van der Waals surface area contributed by atoms with Crippen molar-refractivity contribution in [1.82, 2.24) is 4.98 Å². The molecule has 0 aliphatic heterocycles. The van der Waals surface area contributed by atoms with E-state index in [1.807, 2.05) is 12.1 Å². The van der Waals surface area contributed by atoms with E-state index in [9.17, 15) is 0 Å². The third kappa shape index (κ3) is 3.59. The molecule has 0 fully saturated rings. The number of ether oxygens (including phenoxy) is 1. The summed E-state index contributed by atoms with van der Waals surface area (Å²) >= 11 is 5.75. The molecule has 0 N–H and O–H groups in total. The van der Waals surface area contributed by atoms with Crippen LogP contribution in [0.25, 0.3) is 0 Å². The van der Waals surface area contributed by atoms with Crippen LogP contribution in [-0.4, -0.2) is 31.1 Å². The first-order valence-corrected chi connectivity index (χ1v) is 5.66. The lowest BCUT2D eigenvalue weighted by Crippen LogP contribution is -2.27. The topological polar surface area (TPSA) is 25.4 Å². The van der Waals surface area contributed by atoms with Crippen LogP contribution in [0, 0.1) is 0 Å². The monoisotopic (exact) mass is 228 g/mol. The Morgan fingerprint density at radius 1 is 1.40 bits per heavy atom. The lowest BCUT2D eigenvalue weighted by molar-refractivity contribution is 0.413. The highest BCUT2D eigenvalue weighted by Crippen LogP contribution is 2.15. The molecule has 0 bridgehead atoms. The maximum atomic E-state index is 5.75.